The van der Waals surface area contributed by atoms with Gasteiger partial charge in [0.05, 0.1) is 10.6 Å². The SMILES string of the molecule is Cc1nn(-c2ccccc2[N+](=O)[O-])c(Br)c1CCN. The Balaban J connectivity index is 2.60. The van der Waals surface area contributed by atoms with Gasteiger partial charge in [0.1, 0.15) is 10.3 Å². The zero-order valence-corrected chi connectivity index (χ0v) is 11.9. The Hall–Kier alpha value is -1.73. The first-order chi connectivity index (χ1) is 9.06. The van der Waals surface area contributed by atoms with Gasteiger partial charge in [0.2, 0.25) is 0 Å². The van der Waals surface area contributed by atoms with Crippen molar-refractivity contribution in [3.05, 3.63) is 50.2 Å². The summed E-state index contributed by atoms with van der Waals surface area (Å²) < 4.78 is 2.25. The molecule has 1 aromatic heterocycles. The molecular formula is C12H13BrN4O2. The number of nitrogens with two attached hydrogens (primary N) is 1. The summed E-state index contributed by atoms with van der Waals surface area (Å²) in [4.78, 5) is 10.6. The zero-order chi connectivity index (χ0) is 14.0. The third-order valence-corrected chi connectivity index (χ3v) is 3.64. The van der Waals surface area contributed by atoms with Crippen LogP contribution in [0.3, 0.4) is 0 Å². The maximum atomic E-state index is 11.1. The van der Waals surface area contributed by atoms with Gasteiger partial charge in [-0.05, 0) is 41.9 Å². The van der Waals surface area contributed by atoms with E-state index in [-0.39, 0.29) is 5.69 Å². The first kappa shape index (κ1) is 13.7. The van der Waals surface area contributed by atoms with Gasteiger partial charge in [-0.3, -0.25) is 10.1 Å². The van der Waals surface area contributed by atoms with E-state index in [4.69, 9.17) is 5.73 Å². The first-order valence-corrected chi connectivity index (χ1v) is 6.53. The van der Waals surface area contributed by atoms with Crippen molar-refractivity contribution < 1.29 is 4.92 Å². The molecule has 0 radical (unpaired) electrons. The highest BCUT2D eigenvalue weighted by Gasteiger charge is 2.20. The number of rotatable bonds is 4. The van der Waals surface area contributed by atoms with E-state index in [1.54, 1.807) is 22.9 Å². The molecule has 0 saturated carbocycles. The molecule has 0 unspecified atom stereocenters. The van der Waals surface area contributed by atoms with Gasteiger partial charge >= 0.3 is 0 Å². The minimum atomic E-state index is -0.415. The average Bonchev–Trinajstić information content (AvgIpc) is 2.67. The van der Waals surface area contributed by atoms with E-state index < -0.39 is 4.92 Å². The van der Waals surface area contributed by atoms with Gasteiger partial charge in [0, 0.05) is 11.6 Å². The van der Waals surface area contributed by atoms with E-state index in [9.17, 15) is 10.1 Å². The van der Waals surface area contributed by atoms with Crippen molar-refractivity contribution in [2.75, 3.05) is 6.54 Å². The van der Waals surface area contributed by atoms with Crippen molar-refractivity contribution in [3.63, 3.8) is 0 Å². The molecule has 2 N–H and O–H groups in total. The normalized spacial score (nSPS) is 10.7. The molecule has 2 rings (SSSR count). The standard InChI is InChI=1S/C12H13BrN4O2/c1-8-9(6-7-14)12(13)16(15-8)10-4-2-3-5-11(10)17(18)19/h2-5H,6-7,14H2,1H3. The minimum Gasteiger partial charge on any atom is -0.330 e. The lowest BCUT2D eigenvalue weighted by Gasteiger charge is -2.04. The van der Waals surface area contributed by atoms with Crippen molar-refractivity contribution >= 4 is 21.6 Å². The van der Waals surface area contributed by atoms with Crippen LogP contribution in [0.2, 0.25) is 0 Å². The van der Waals surface area contributed by atoms with Crippen LogP contribution in [0.5, 0.6) is 0 Å². The predicted molar refractivity (Wildman–Crippen MR) is 75.4 cm³/mol. The summed E-state index contributed by atoms with van der Waals surface area (Å²) in [5.41, 5.74) is 7.80. The van der Waals surface area contributed by atoms with Gasteiger partial charge in [-0.25, -0.2) is 4.68 Å². The van der Waals surface area contributed by atoms with Gasteiger partial charge in [0.15, 0.2) is 0 Å². The molecule has 0 aliphatic heterocycles. The van der Waals surface area contributed by atoms with Crippen LogP contribution < -0.4 is 5.73 Å². The number of benzene rings is 1. The predicted octanol–water partition coefficient (Wildman–Crippen LogP) is 2.35. The third-order valence-electron chi connectivity index (χ3n) is 2.82. The molecule has 1 aromatic carbocycles. The quantitative estimate of drug-likeness (QED) is 0.690. The Morgan fingerprint density at radius 1 is 1.47 bits per heavy atom. The summed E-state index contributed by atoms with van der Waals surface area (Å²) in [6.07, 6.45) is 0.674. The van der Waals surface area contributed by atoms with Gasteiger partial charge in [-0.1, -0.05) is 12.1 Å². The topological polar surface area (TPSA) is 87.0 Å². The number of nitrogens with zero attached hydrogens (tertiary/aromatic N) is 3. The summed E-state index contributed by atoms with van der Waals surface area (Å²) in [6, 6.07) is 6.50. The highest BCUT2D eigenvalue weighted by atomic mass is 79.9. The Kier molecular flexibility index (Phi) is 3.96. The number of hydrogen-bond acceptors (Lipinski definition) is 4. The fourth-order valence-corrected chi connectivity index (χ4v) is 2.67. The van der Waals surface area contributed by atoms with Crippen LogP contribution in [0.1, 0.15) is 11.3 Å². The molecule has 0 fully saturated rings. The van der Waals surface area contributed by atoms with Crippen LogP contribution in [0.15, 0.2) is 28.9 Å². The lowest BCUT2D eigenvalue weighted by molar-refractivity contribution is -0.384. The lowest BCUT2D eigenvalue weighted by Crippen LogP contribution is -2.04. The molecule has 0 aliphatic carbocycles. The van der Waals surface area contributed by atoms with Gasteiger partial charge in [-0.15, -0.1) is 0 Å². The molecule has 0 aliphatic rings. The summed E-state index contributed by atoms with van der Waals surface area (Å²) in [5.74, 6) is 0. The summed E-state index contributed by atoms with van der Waals surface area (Å²) in [7, 11) is 0. The second kappa shape index (κ2) is 5.50. The average molecular weight is 325 g/mol. The van der Waals surface area contributed by atoms with Crippen LogP contribution in [0.25, 0.3) is 5.69 Å². The molecule has 0 spiro atoms. The molecule has 1 heterocycles. The molecular weight excluding hydrogens is 312 g/mol. The van der Waals surface area contributed by atoms with Crippen molar-refractivity contribution in [2.24, 2.45) is 5.73 Å². The monoisotopic (exact) mass is 324 g/mol. The molecule has 2 aromatic rings. The number of nitro groups is 1. The second-order valence-electron chi connectivity index (χ2n) is 4.05. The lowest BCUT2D eigenvalue weighted by atomic mass is 10.2. The van der Waals surface area contributed by atoms with Crippen LogP contribution in [-0.2, 0) is 6.42 Å². The van der Waals surface area contributed by atoms with E-state index in [0.29, 0.717) is 23.3 Å². The van der Waals surface area contributed by atoms with E-state index >= 15 is 0 Å². The smallest absolute Gasteiger partial charge is 0.294 e. The van der Waals surface area contributed by atoms with Gasteiger partial charge in [-0.2, -0.15) is 5.10 Å². The van der Waals surface area contributed by atoms with Crippen LogP contribution in [-0.4, -0.2) is 21.2 Å². The highest BCUT2D eigenvalue weighted by molar-refractivity contribution is 9.10. The molecule has 0 atom stereocenters. The van der Waals surface area contributed by atoms with Crippen molar-refractivity contribution in [1.82, 2.24) is 9.78 Å². The van der Waals surface area contributed by atoms with Crippen molar-refractivity contribution in [2.45, 2.75) is 13.3 Å². The number of nitro benzene ring substituents is 1. The summed E-state index contributed by atoms with van der Waals surface area (Å²) in [5, 5.41) is 15.4. The molecule has 6 nitrogen and oxygen atoms in total. The van der Waals surface area contributed by atoms with E-state index in [0.717, 1.165) is 11.3 Å². The number of aromatic nitrogens is 2. The largest absolute Gasteiger partial charge is 0.330 e. The van der Waals surface area contributed by atoms with Gasteiger partial charge in [0.25, 0.3) is 5.69 Å². The van der Waals surface area contributed by atoms with Gasteiger partial charge < -0.3 is 5.73 Å². The summed E-state index contributed by atoms with van der Waals surface area (Å²) in [6.45, 7) is 2.36. The maximum absolute atomic E-state index is 11.1. The molecule has 19 heavy (non-hydrogen) atoms. The highest BCUT2D eigenvalue weighted by Crippen LogP contribution is 2.29. The number of halogens is 1. The molecule has 0 saturated heterocycles. The number of aryl methyl sites for hydroxylation is 1. The fraction of sp³-hybridized carbons (Fsp3) is 0.250. The molecule has 0 amide bonds. The third kappa shape index (κ3) is 2.52. The van der Waals surface area contributed by atoms with E-state index in [2.05, 4.69) is 21.0 Å². The summed E-state index contributed by atoms with van der Waals surface area (Å²) >= 11 is 3.45. The first-order valence-electron chi connectivity index (χ1n) is 5.74. The van der Waals surface area contributed by atoms with Crippen LogP contribution in [0.4, 0.5) is 5.69 Å². The Morgan fingerprint density at radius 2 is 2.16 bits per heavy atom. The Labute approximate surface area is 118 Å². The molecule has 0 bridgehead atoms. The van der Waals surface area contributed by atoms with Crippen LogP contribution in [0, 0.1) is 17.0 Å². The number of para-hydroxylation sites is 2. The van der Waals surface area contributed by atoms with Crippen molar-refractivity contribution in [1.29, 1.82) is 0 Å². The number of hydrogen-bond donors (Lipinski definition) is 1. The molecule has 7 heteroatoms. The Morgan fingerprint density at radius 3 is 2.79 bits per heavy atom. The van der Waals surface area contributed by atoms with E-state index in [1.807, 2.05) is 6.92 Å². The molecule has 100 valence electrons. The maximum Gasteiger partial charge on any atom is 0.294 e. The Bertz CT molecular complexity index is 624. The minimum absolute atomic E-state index is 0.0185. The van der Waals surface area contributed by atoms with E-state index in [1.165, 1.54) is 6.07 Å². The van der Waals surface area contributed by atoms with Crippen molar-refractivity contribution in [3.8, 4) is 5.69 Å². The van der Waals surface area contributed by atoms with Crippen LogP contribution >= 0.6 is 15.9 Å². The fourth-order valence-electron chi connectivity index (χ4n) is 1.92. The second-order valence-corrected chi connectivity index (χ2v) is 4.80. The zero-order valence-electron chi connectivity index (χ0n) is 10.3.